The molecular weight excluding hydrogens is 379 g/mol. The fourth-order valence-corrected chi connectivity index (χ4v) is 3.89. The molecule has 5 nitrogen and oxygen atoms in total. The third-order valence-corrected chi connectivity index (χ3v) is 6.45. The highest BCUT2D eigenvalue weighted by molar-refractivity contribution is 7.89. The Bertz CT molecular complexity index is 894. The summed E-state index contributed by atoms with van der Waals surface area (Å²) in [6.45, 7) is 7.36. The highest BCUT2D eigenvalue weighted by Gasteiger charge is 2.27. The Labute approximate surface area is 166 Å². The molecule has 0 radical (unpaired) electrons. The van der Waals surface area contributed by atoms with Crippen LogP contribution in [0.1, 0.15) is 31.9 Å². The second-order valence-electron chi connectivity index (χ2n) is 7.31. The Morgan fingerprint density at radius 1 is 1.04 bits per heavy atom. The van der Waals surface area contributed by atoms with Crippen molar-refractivity contribution in [2.45, 2.75) is 45.2 Å². The average Bonchev–Trinajstić information content (AvgIpc) is 2.63. The first-order valence-corrected chi connectivity index (χ1v) is 10.6. The molecule has 0 saturated heterocycles. The molecule has 0 aliphatic rings. The average molecular weight is 407 g/mol. The molecule has 1 N–H and O–H groups in total. The number of benzene rings is 2. The van der Waals surface area contributed by atoms with Crippen LogP contribution in [-0.2, 0) is 21.4 Å². The van der Waals surface area contributed by atoms with Gasteiger partial charge in [-0.05, 0) is 49.6 Å². The van der Waals surface area contributed by atoms with Gasteiger partial charge in [0.25, 0.3) is 0 Å². The Kier molecular flexibility index (Phi) is 7.32. The van der Waals surface area contributed by atoms with Gasteiger partial charge in [0.2, 0.25) is 15.9 Å². The van der Waals surface area contributed by atoms with Crippen LogP contribution in [-0.4, -0.2) is 31.2 Å². The maximum absolute atomic E-state index is 13.2. The summed E-state index contributed by atoms with van der Waals surface area (Å²) in [6, 6.07) is 12.0. The summed E-state index contributed by atoms with van der Waals surface area (Å²) >= 11 is 0. The number of hydrogen-bond acceptors (Lipinski definition) is 3. The van der Waals surface area contributed by atoms with Crippen molar-refractivity contribution in [2.75, 3.05) is 6.54 Å². The van der Waals surface area contributed by atoms with E-state index in [1.807, 2.05) is 27.7 Å². The fraction of sp³-hybridized carbons (Fsp3) is 0.381. The molecule has 2 rings (SSSR count). The summed E-state index contributed by atoms with van der Waals surface area (Å²) in [5.41, 5.74) is 1.54. The molecule has 0 aromatic heterocycles. The second-order valence-corrected chi connectivity index (χ2v) is 9.25. The van der Waals surface area contributed by atoms with Crippen LogP contribution in [0.3, 0.4) is 0 Å². The van der Waals surface area contributed by atoms with E-state index in [9.17, 15) is 17.6 Å². The summed E-state index contributed by atoms with van der Waals surface area (Å²) in [4.78, 5) is 12.6. The first-order valence-electron chi connectivity index (χ1n) is 9.20. The van der Waals surface area contributed by atoms with Crippen molar-refractivity contribution in [1.82, 2.24) is 9.62 Å². The van der Waals surface area contributed by atoms with Crippen molar-refractivity contribution >= 4 is 15.9 Å². The van der Waals surface area contributed by atoms with E-state index in [1.54, 1.807) is 12.1 Å². The fourth-order valence-electron chi connectivity index (χ4n) is 2.51. The molecule has 0 saturated carbocycles. The molecule has 2 aromatic rings. The van der Waals surface area contributed by atoms with Crippen LogP contribution in [0.15, 0.2) is 53.4 Å². The molecule has 28 heavy (non-hydrogen) atoms. The van der Waals surface area contributed by atoms with E-state index in [0.29, 0.717) is 5.56 Å². The SMILES string of the molecule is Cc1ccc(S(=O)(=O)N(CC(=O)NC(C)C(C)C)Cc2ccc(F)cc2)cc1. The lowest BCUT2D eigenvalue weighted by molar-refractivity contribution is -0.122. The normalized spacial score (nSPS) is 13.0. The molecule has 2 aromatic carbocycles. The van der Waals surface area contributed by atoms with Gasteiger partial charge in [-0.2, -0.15) is 4.31 Å². The van der Waals surface area contributed by atoms with Crippen LogP contribution in [0.2, 0.25) is 0 Å². The van der Waals surface area contributed by atoms with E-state index in [-0.39, 0.29) is 35.9 Å². The zero-order chi connectivity index (χ0) is 20.9. The van der Waals surface area contributed by atoms with Gasteiger partial charge in [-0.1, -0.05) is 43.7 Å². The molecule has 1 atom stereocenters. The van der Waals surface area contributed by atoms with Crippen LogP contribution < -0.4 is 5.32 Å². The van der Waals surface area contributed by atoms with Gasteiger partial charge >= 0.3 is 0 Å². The summed E-state index contributed by atoms with van der Waals surface area (Å²) in [5, 5.41) is 2.83. The zero-order valence-corrected chi connectivity index (χ0v) is 17.5. The summed E-state index contributed by atoms with van der Waals surface area (Å²) in [5.74, 6) is -0.553. The Morgan fingerprint density at radius 2 is 1.61 bits per heavy atom. The van der Waals surface area contributed by atoms with Gasteiger partial charge < -0.3 is 5.32 Å². The number of carbonyl (C=O) groups is 1. The smallest absolute Gasteiger partial charge is 0.243 e. The topological polar surface area (TPSA) is 66.5 Å². The number of sulfonamides is 1. The van der Waals surface area contributed by atoms with E-state index >= 15 is 0 Å². The van der Waals surface area contributed by atoms with Crippen molar-refractivity contribution in [3.63, 3.8) is 0 Å². The van der Waals surface area contributed by atoms with Crippen molar-refractivity contribution in [3.05, 3.63) is 65.5 Å². The Morgan fingerprint density at radius 3 is 2.14 bits per heavy atom. The number of aryl methyl sites for hydroxylation is 1. The number of nitrogens with zero attached hydrogens (tertiary/aromatic N) is 1. The minimum atomic E-state index is -3.90. The molecule has 0 spiro atoms. The van der Waals surface area contributed by atoms with Crippen molar-refractivity contribution in [1.29, 1.82) is 0 Å². The number of hydrogen-bond donors (Lipinski definition) is 1. The van der Waals surface area contributed by atoms with Gasteiger partial charge in [0.05, 0.1) is 11.4 Å². The Balaban J connectivity index is 2.30. The minimum absolute atomic E-state index is 0.0278. The molecule has 0 bridgehead atoms. The predicted octanol–water partition coefficient (Wildman–Crippen LogP) is 3.49. The molecular formula is C21H27FN2O3S. The van der Waals surface area contributed by atoms with Gasteiger partial charge in [-0.15, -0.1) is 0 Å². The van der Waals surface area contributed by atoms with Gasteiger partial charge in [0.1, 0.15) is 5.82 Å². The number of amides is 1. The van der Waals surface area contributed by atoms with Crippen molar-refractivity contribution in [3.8, 4) is 0 Å². The van der Waals surface area contributed by atoms with E-state index in [0.717, 1.165) is 9.87 Å². The van der Waals surface area contributed by atoms with E-state index < -0.39 is 15.8 Å². The highest BCUT2D eigenvalue weighted by Crippen LogP contribution is 2.19. The quantitative estimate of drug-likeness (QED) is 0.730. The van der Waals surface area contributed by atoms with Gasteiger partial charge in [0, 0.05) is 12.6 Å². The van der Waals surface area contributed by atoms with Crippen LogP contribution in [0.25, 0.3) is 0 Å². The van der Waals surface area contributed by atoms with Crippen molar-refractivity contribution < 1.29 is 17.6 Å². The molecule has 0 aliphatic carbocycles. The molecule has 0 aliphatic heterocycles. The third kappa shape index (κ3) is 5.87. The lowest BCUT2D eigenvalue weighted by Crippen LogP contribution is -2.44. The summed E-state index contributed by atoms with van der Waals surface area (Å²) < 4.78 is 40.6. The number of halogens is 1. The molecule has 7 heteroatoms. The third-order valence-electron chi connectivity index (χ3n) is 4.64. The summed E-state index contributed by atoms with van der Waals surface area (Å²) in [7, 11) is -3.90. The van der Waals surface area contributed by atoms with E-state index in [4.69, 9.17) is 0 Å². The standard InChI is InChI=1S/C21H27FN2O3S/c1-15(2)17(4)23-21(25)14-24(13-18-7-9-19(22)10-8-18)28(26,27)20-11-5-16(3)6-12-20/h5-12,15,17H,13-14H2,1-4H3,(H,23,25). The first-order chi connectivity index (χ1) is 13.1. The van der Waals surface area contributed by atoms with Crippen LogP contribution in [0.4, 0.5) is 4.39 Å². The van der Waals surface area contributed by atoms with Crippen LogP contribution in [0, 0.1) is 18.7 Å². The van der Waals surface area contributed by atoms with Crippen LogP contribution >= 0.6 is 0 Å². The van der Waals surface area contributed by atoms with Crippen molar-refractivity contribution in [2.24, 2.45) is 5.92 Å². The minimum Gasteiger partial charge on any atom is -0.352 e. The second kappa shape index (κ2) is 9.30. The zero-order valence-electron chi connectivity index (χ0n) is 16.6. The van der Waals surface area contributed by atoms with Gasteiger partial charge in [-0.25, -0.2) is 12.8 Å². The summed E-state index contributed by atoms with van der Waals surface area (Å²) in [6.07, 6.45) is 0. The van der Waals surface area contributed by atoms with Gasteiger partial charge in [0.15, 0.2) is 0 Å². The Hall–Kier alpha value is -2.25. The van der Waals surface area contributed by atoms with Gasteiger partial charge in [-0.3, -0.25) is 4.79 Å². The molecule has 0 heterocycles. The number of nitrogens with one attached hydrogen (secondary N) is 1. The lowest BCUT2D eigenvalue weighted by Gasteiger charge is -2.24. The lowest BCUT2D eigenvalue weighted by atomic mass is 10.1. The molecule has 1 amide bonds. The van der Waals surface area contributed by atoms with Crippen LogP contribution in [0.5, 0.6) is 0 Å². The number of carbonyl (C=O) groups excluding carboxylic acids is 1. The maximum atomic E-state index is 13.2. The monoisotopic (exact) mass is 406 g/mol. The number of rotatable bonds is 8. The molecule has 1 unspecified atom stereocenters. The molecule has 0 fully saturated rings. The highest BCUT2D eigenvalue weighted by atomic mass is 32.2. The van der Waals surface area contributed by atoms with E-state index in [1.165, 1.54) is 36.4 Å². The predicted molar refractivity (Wildman–Crippen MR) is 108 cm³/mol. The molecule has 152 valence electrons. The first kappa shape index (κ1) is 22.0. The van der Waals surface area contributed by atoms with E-state index in [2.05, 4.69) is 5.32 Å². The largest absolute Gasteiger partial charge is 0.352 e. The maximum Gasteiger partial charge on any atom is 0.243 e.